The van der Waals surface area contributed by atoms with Crippen LogP contribution in [-0.4, -0.2) is 26.3 Å². The first-order valence-corrected chi connectivity index (χ1v) is 8.05. The number of amides is 1. The van der Waals surface area contributed by atoms with Gasteiger partial charge in [0.1, 0.15) is 5.82 Å². The van der Waals surface area contributed by atoms with E-state index in [0.717, 1.165) is 4.88 Å². The first kappa shape index (κ1) is 15.8. The van der Waals surface area contributed by atoms with E-state index in [1.165, 1.54) is 18.2 Å². The highest BCUT2D eigenvalue weighted by Gasteiger charge is 2.15. The number of rotatable bonds is 5. The molecule has 122 valence electrons. The quantitative estimate of drug-likeness (QED) is 0.491. The van der Waals surface area contributed by atoms with Crippen molar-refractivity contribution >= 4 is 29.1 Å². The van der Waals surface area contributed by atoms with Crippen molar-refractivity contribution in [1.82, 2.24) is 10.2 Å². The molecule has 1 aromatic carbocycles. The van der Waals surface area contributed by atoms with Gasteiger partial charge in [-0.15, -0.1) is 11.3 Å². The number of hydrogen-bond donors (Lipinski definition) is 3. The molecular weight excluding hydrogens is 326 g/mol. The third kappa shape index (κ3) is 3.64. The lowest BCUT2D eigenvalue weighted by molar-refractivity contribution is -0.114. The molecule has 0 bridgehead atoms. The van der Waals surface area contributed by atoms with Crippen molar-refractivity contribution in [3.05, 3.63) is 64.5 Å². The molecule has 2 aromatic heterocycles. The zero-order chi connectivity index (χ0) is 16.9. The molecule has 7 heteroatoms. The molecule has 3 N–H and O–H groups in total. The summed E-state index contributed by atoms with van der Waals surface area (Å²) in [6, 6.07) is 9.99. The van der Waals surface area contributed by atoms with Crippen LogP contribution >= 0.6 is 11.3 Å². The van der Waals surface area contributed by atoms with Crippen molar-refractivity contribution in [2.45, 2.75) is 6.54 Å². The highest BCUT2D eigenvalue weighted by molar-refractivity contribution is 7.09. The van der Waals surface area contributed by atoms with Crippen molar-refractivity contribution in [2.75, 3.05) is 4.90 Å². The highest BCUT2D eigenvalue weighted by Crippen LogP contribution is 2.25. The Bertz CT molecular complexity index is 842. The molecule has 0 radical (unpaired) electrons. The Kier molecular flexibility index (Phi) is 4.62. The van der Waals surface area contributed by atoms with Gasteiger partial charge in [-0.25, -0.2) is 0 Å². The Hall–Kier alpha value is -3.06. The lowest BCUT2D eigenvalue weighted by Crippen LogP contribution is -2.28. The van der Waals surface area contributed by atoms with Gasteiger partial charge in [-0.3, -0.25) is 14.8 Å². The number of nitrogens with one attached hydrogen (secondary N) is 1. The Balaban J connectivity index is 1.80. The van der Waals surface area contributed by atoms with Crippen molar-refractivity contribution < 1.29 is 15.0 Å². The highest BCUT2D eigenvalue weighted by atomic mass is 32.1. The molecule has 24 heavy (non-hydrogen) atoms. The number of thiophene rings is 1. The number of phenols is 2. The molecule has 0 saturated heterocycles. The molecule has 0 atom stereocenters. The number of carbonyl (C=O) groups excluding carboxylic acids is 1. The molecule has 0 spiro atoms. The van der Waals surface area contributed by atoms with Crippen LogP contribution in [0.1, 0.15) is 10.4 Å². The van der Waals surface area contributed by atoms with Gasteiger partial charge in [-0.1, -0.05) is 12.1 Å². The van der Waals surface area contributed by atoms with Gasteiger partial charge in [0.2, 0.25) is 0 Å². The summed E-state index contributed by atoms with van der Waals surface area (Å²) in [7, 11) is 0. The summed E-state index contributed by atoms with van der Waals surface area (Å²) in [6.07, 6.45) is 4.59. The van der Waals surface area contributed by atoms with Crippen molar-refractivity contribution in [1.29, 1.82) is 0 Å². The monoisotopic (exact) mass is 341 g/mol. The van der Waals surface area contributed by atoms with Crippen LogP contribution in [-0.2, 0) is 11.3 Å². The number of benzene rings is 1. The minimum atomic E-state index is -0.228. The summed E-state index contributed by atoms with van der Waals surface area (Å²) in [5.41, 5.74) is 0.610. The number of aromatic nitrogens is 2. The largest absolute Gasteiger partial charge is 0.504 e. The maximum atomic E-state index is 12.6. The Morgan fingerprint density at radius 1 is 1.25 bits per heavy atom. The summed E-state index contributed by atoms with van der Waals surface area (Å²) < 4.78 is 0. The molecule has 2 heterocycles. The lowest BCUT2D eigenvalue weighted by atomic mass is 10.2. The third-order valence-corrected chi connectivity index (χ3v) is 4.22. The summed E-state index contributed by atoms with van der Waals surface area (Å²) >= 11 is 1.57. The number of H-pyrrole nitrogens is 1. The third-order valence-electron chi connectivity index (χ3n) is 3.35. The Morgan fingerprint density at radius 3 is 2.79 bits per heavy atom. The predicted molar refractivity (Wildman–Crippen MR) is 92.9 cm³/mol. The van der Waals surface area contributed by atoms with Gasteiger partial charge in [-0.2, -0.15) is 5.10 Å². The summed E-state index contributed by atoms with van der Waals surface area (Å²) in [4.78, 5) is 15.2. The summed E-state index contributed by atoms with van der Waals surface area (Å²) in [5, 5.41) is 27.5. The minimum Gasteiger partial charge on any atom is -0.504 e. The zero-order valence-corrected chi connectivity index (χ0v) is 13.4. The number of phenolic OH excluding ortho intramolecular Hbond substituents is 2. The Labute approximate surface area is 142 Å². The van der Waals surface area contributed by atoms with Crippen LogP contribution < -0.4 is 4.90 Å². The van der Waals surface area contributed by atoms with Crippen LogP contribution in [0.3, 0.4) is 0 Å². The van der Waals surface area contributed by atoms with E-state index in [2.05, 4.69) is 10.2 Å². The SMILES string of the molecule is O=C(/C=C/c1ccc(O)c(O)c1)N(Cc1cccs1)c1ccn[nH]1. The van der Waals surface area contributed by atoms with Crippen LogP contribution in [0.2, 0.25) is 0 Å². The smallest absolute Gasteiger partial charge is 0.252 e. The fraction of sp³-hybridized carbons (Fsp3) is 0.0588. The molecular formula is C17H15N3O3S. The molecule has 0 aliphatic heterocycles. The molecule has 6 nitrogen and oxygen atoms in total. The van der Waals surface area contributed by atoms with E-state index in [9.17, 15) is 15.0 Å². The minimum absolute atomic E-state index is 0.199. The number of carbonyl (C=O) groups is 1. The van der Waals surface area contributed by atoms with E-state index in [1.54, 1.807) is 40.6 Å². The average molecular weight is 341 g/mol. The van der Waals surface area contributed by atoms with E-state index in [1.807, 2.05) is 17.5 Å². The molecule has 0 aliphatic carbocycles. The number of anilines is 1. The van der Waals surface area contributed by atoms with E-state index in [0.29, 0.717) is 17.9 Å². The maximum Gasteiger partial charge on any atom is 0.252 e. The lowest BCUT2D eigenvalue weighted by Gasteiger charge is -2.18. The van der Waals surface area contributed by atoms with Crippen LogP contribution in [0.15, 0.2) is 54.1 Å². The standard InChI is InChI=1S/C17H15N3O3S/c21-14-5-3-12(10-15(14)22)4-6-17(23)20(16-7-8-18-19-16)11-13-2-1-9-24-13/h1-10,21-22H,11H2,(H,18,19)/b6-4+. The van der Waals surface area contributed by atoms with Gasteiger partial charge >= 0.3 is 0 Å². The number of hydrogen-bond acceptors (Lipinski definition) is 5. The van der Waals surface area contributed by atoms with Gasteiger partial charge in [-0.05, 0) is 35.2 Å². The van der Waals surface area contributed by atoms with Crippen LogP contribution in [0.4, 0.5) is 5.82 Å². The van der Waals surface area contributed by atoms with Gasteiger partial charge < -0.3 is 10.2 Å². The van der Waals surface area contributed by atoms with Gasteiger partial charge in [0.15, 0.2) is 11.5 Å². The summed E-state index contributed by atoms with van der Waals surface area (Å²) in [5.74, 6) is -0.0457. The average Bonchev–Trinajstić information content (AvgIpc) is 3.26. The first-order valence-electron chi connectivity index (χ1n) is 7.17. The Morgan fingerprint density at radius 2 is 2.12 bits per heavy atom. The first-order chi connectivity index (χ1) is 11.6. The normalized spacial score (nSPS) is 11.0. The van der Waals surface area contributed by atoms with E-state index in [4.69, 9.17) is 0 Å². The molecule has 0 aliphatic rings. The molecule has 0 unspecified atom stereocenters. The summed E-state index contributed by atoms with van der Waals surface area (Å²) in [6.45, 7) is 0.434. The van der Waals surface area contributed by atoms with Crippen molar-refractivity contribution in [2.24, 2.45) is 0 Å². The molecule has 3 rings (SSSR count). The van der Waals surface area contributed by atoms with E-state index < -0.39 is 0 Å². The van der Waals surface area contributed by atoms with Crippen LogP contribution in [0.5, 0.6) is 11.5 Å². The van der Waals surface area contributed by atoms with E-state index >= 15 is 0 Å². The molecule has 3 aromatic rings. The fourth-order valence-electron chi connectivity index (χ4n) is 2.14. The second kappa shape index (κ2) is 7.01. The number of aromatic amines is 1. The van der Waals surface area contributed by atoms with E-state index in [-0.39, 0.29) is 17.4 Å². The molecule has 1 amide bonds. The fourth-order valence-corrected chi connectivity index (χ4v) is 2.83. The molecule has 0 fully saturated rings. The topological polar surface area (TPSA) is 89.4 Å². The van der Waals surface area contributed by atoms with Crippen LogP contribution in [0.25, 0.3) is 6.08 Å². The number of nitrogens with zero attached hydrogens (tertiary/aromatic N) is 2. The van der Waals surface area contributed by atoms with Crippen LogP contribution in [0, 0.1) is 0 Å². The number of aromatic hydroxyl groups is 2. The second-order valence-electron chi connectivity index (χ2n) is 5.03. The van der Waals surface area contributed by atoms with Crippen molar-refractivity contribution in [3.8, 4) is 11.5 Å². The predicted octanol–water partition coefficient (Wildman–Crippen LogP) is 3.13. The maximum absolute atomic E-state index is 12.6. The zero-order valence-electron chi connectivity index (χ0n) is 12.6. The van der Waals surface area contributed by atoms with Gasteiger partial charge in [0.05, 0.1) is 12.7 Å². The second-order valence-corrected chi connectivity index (χ2v) is 6.06. The van der Waals surface area contributed by atoms with Crippen molar-refractivity contribution in [3.63, 3.8) is 0 Å². The van der Waals surface area contributed by atoms with Gasteiger partial charge in [0.25, 0.3) is 5.91 Å². The van der Waals surface area contributed by atoms with Gasteiger partial charge in [0, 0.05) is 17.0 Å². The molecule has 0 saturated carbocycles.